The molecule has 6 heteroatoms. The van der Waals surface area contributed by atoms with Crippen LogP contribution >= 0.6 is 0 Å². The molecule has 0 unspecified atom stereocenters. The van der Waals surface area contributed by atoms with Crippen LogP contribution in [0, 0.1) is 0 Å². The minimum Gasteiger partial charge on any atom is -0.497 e. The van der Waals surface area contributed by atoms with Crippen LogP contribution in [-0.2, 0) is 20.7 Å². The van der Waals surface area contributed by atoms with E-state index < -0.39 is 24.0 Å². The summed E-state index contributed by atoms with van der Waals surface area (Å²) in [4.78, 5) is 24.0. The Bertz CT molecular complexity index is 717. The van der Waals surface area contributed by atoms with Gasteiger partial charge >= 0.3 is 5.97 Å². The fraction of sp³-hybridized carbons (Fsp3) is 0.263. The molecular formula is C19H21NO5. The van der Waals surface area contributed by atoms with Crippen LogP contribution in [0.1, 0.15) is 17.2 Å². The van der Waals surface area contributed by atoms with Gasteiger partial charge in [0.25, 0.3) is 5.91 Å². The quantitative estimate of drug-likeness (QED) is 0.767. The molecule has 2 N–H and O–H groups in total. The fourth-order valence-corrected chi connectivity index (χ4v) is 2.50. The summed E-state index contributed by atoms with van der Waals surface area (Å²) < 4.78 is 10.4. The number of methoxy groups -OCH3 is 2. The zero-order valence-electron chi connectivity index (χ0n) is 14.1. The Hall–Kier alpha value is -2.86. The van der Waals surface area contributed by atoms with Crippen molar-refractivity contribution >= 4 is 11.9 Å². The minimum atomic E-state index is -1.11. The molecule has 0 aromatic heterocycles. The van der Waals surface area contributed by atoms with Gasteiger partial charge in [0, 0.05) is 13.5 Å². The first kappa shape index (κ1) is 18.5. The molecular weight excluding hydrogens is 322 g/mol. The van der Waals surface area contributed by atoms with Gasteiger partial charge in [-0.15, -0.1) is 0 Å². The monoisotopic (exact) mass is 343 g/mol. The maximum Gasteiger partial charge on any atom is 0.326 e. The van der Waals surface area contributed by atoms with Crippen molar-refractivity contribution in [2.45, 2.75) is 18.6 Å². The van der Waals surface area contributed by atoms with Crippen molar-refractivity contribution in [2.75, 3.05) is 14.2 Å². The van der Waals surface area contributed by atoms with E-state index in [1.54, 1.807) is 55.6 Å². The molecule has 132 valence electrons. The van der Waals surface area contributed by atoms with E-state index in [4.69, 9.17) is 9.47 Å². The number of rotatable bonds is 8. The number of carbonyl (C=O) groups excluding carboxylic acids is 1. The smallest absolute Gasteiger partial charge is 0.326 e. The molecule has 0 aliphatic carbocycles. The van der Waals surface area contributed by atoms with Gasteiger partial charge in [0.05, 0.1) is 7.11 Å². The van der Waals surface area contributed by atoms with Crippen LogP contribution in [0.15, 0.2) is 54.6 Å². The topological polar surface area (TPSA) is 84.9 Å². The van der Waals surface area contributed by atoms with Crippen LogP contribution < -0.4 is 10.1 Å². The Balaban J connectivity index is 2.12. The number of carboxylic acid groups (broad SMARTS) is 1. The van der Waals surface area contributed by atoms with Crippen LogP contribution in [0.5, 0.6) is 5.75 Å². The van der Waals surface area contributed by atoms with Gasteiger partial charge in [-0.25, -0.2) is 4.79 Å². The summed E-state index contributed by atoms with van der Waals surface area (Å²) in [5.74, 6) is -0.977. The van der Waals surface area contributed by atoms with E-state index in [-0.39, 0.29) is 6.42 Å². The van der Waals surface area contributed by atoms with Crippen molar-refractivity contribution in [2.24, 2.45) is 0 Å². The van der Waals surface area contributed by atoms with E-state index in [9.17, 15) is 14.7 Å². The molecule has 0 aliphatic heterocycles. The lowest BCUT2D eigenvalue weighted by atomic mass is 10.0. The number of carboxylic acids is 1. The Morgan fingerprint density at radius 1 is 1.08 bits per heavy atom. The molecule has 2 aromatic carbocycles. The number of amides is 1. The fourth-order valence-electron chi connectivity index (χ4n) is 2.50. The Labute approximate surface area is 146 Å². The molecule has 0 fully saturated rings. The number of aliphatic carboxylic acids is 1. The van der Waals surface area contributed by atoms with Gasteiger partial charge in [0.15, 0.2) is 6.10 Å². The summed E-state index contributed by atoms with van der Waals surface area (Å²) >= 11 is 0. The number of carbonyl (C=O) groups is 2. The molecule has 0 saturated carbocycles. The zero-order chi connectivity index (χ0) is 18.2. The summed E-state index contributed by atoms with van der Waals surface area (Å²) in [6, 6.07) is 14.9. The Morgan fingerprint density at radius 3 is 2.40 bits per heavy atom. The molecule has 0 saturated heterocycles. The summed E-state index contributed by atoms with van der Waals surface area (Å²) in [6.45, 7) is 0. The number of hydrogen-bond donors (Lipinski definition) is 2. The lowest BCUT2D eigenvalue weighted by Crippen LogP contribution is -2.44. The van der Waals surface area contributed by atoms with E-state index in [0.29, 0.717) is 11.3 Å². The number of benzene rings is 2. The summed E-state index contributed by atoms with van der Waals surface area (Å²) in [5, 5.41) is 12.0. The number of hydrogen-bond acceptors (Lipinski definition) is 4. The average Bonchev–Trinajstić information content (AvgIpc) is 2.62. The second-order valence-corrected chi connectivity index (χ2v) is 5.48. The lowest BCUT2D eigenvalue weighted by Gasteiger charge is -2.20. The van der Waals surface area contributed by atoms with E-state index in [1.807, 2.05) is 6.07 Å². The molecule has 0 heterocycles. The van der Waals surface area contributed by atoms with Crippen LogP contribution in [0.2, 0.25) is 0 Å². The first-order valence-corrected chi connectivity index (χ1v) is 7.79. The summed E-state index contributed by atoms with van der Waals surface area (Å²) in [5.41, 5.74) is 1.41. The highest BCUT2D eigenvalue weighted by atomic mass is 16.5. The maximum absolute atomic E-state index is 12.5. The molecule has 2 rings (SSSR count). The second kappa shape index (κ2) is 8.84. The number of nitrogens with one attached hydrogen (secondary N) is 1. The van der Waals surface area contributed by atoms with Crippen LogP contribution in [0.3, 0.4) is 0 Å². The van der Waals surface area contributed by atoms with Crippen LogP contribution in [0.25, 0.3) is 0 Å². The van der Waals surface area contributed by atoms with E-state index in [2.05, 4.69) is 5.32 Å². The van der Waals surface area contributed by atoms with Crippen molar-refractivity contribution in [3.63, 3.8) is 0 Å². The van der Waals surface area contributed by atoms with Crippen molar-refractivity contribution in [1.29, 1.82) is 0 Å². The highest BCUT2D eigenvalue weighted by molar-refractivity contribution is 5.87. The zero-order valence-corrected chi connectivity index (χ0v) is 14.1. The largest absolute Gasteiger partial charge is 0.497 e. The van der Waals surface area contributed by atoms with Gasteiger partial charge in [0.2, 0.25) is 0 Å². The normalized spacial score (nSPS) is 12.9. The predicted molar refractivity (Wildman–Crippen MR) is 92.5 cm³/mol. The highest BCUT2D eigenvalue weighted by Crippen LogP contribution is 2.18. The van der Waals surface area contributed by atoms with E-state index in [0.717, 1.165) is 5.56 Å². The van der Waals surface area contributed by atoms with Crippen LogP contribution in [-0.4, -0.2) is 37.2 Å². The molecule has 0 spiro atoms. The van der Waals surface area contributed by atoms with Gasteiger partial charge < -0.3 is 19.9 Å². The van der Waals surface area contributed by atoms with Gasteiger partial charge in [-0.1, -0.05) is 42.5 Å². The minimum absolute atomic E-state index is 0.142. The predicted octanol–water partition coefficient (Wildman–Crippen LogP) is 2.19. The van der Waals surface area contributed by atoms with Crippen LogP contribution in [0.4, 0.5) is 0 Å². The van der Waals surface area contributed by atoms with Crippen molar-refractivity contribution < 1.29 is 24.2 Å². The molecule has 0 bridgehead atoms. The average molecular weight is 343 g/mol. The second-order valence-electron chi connectivity index (χ2n) is 5.48. The molecule has 2 atom stereocenters. The van der Waals surface area contributed by atoms with E-state index in [1.165, 1.54) is 7.11 Å². The summed E-state index contributed by atoms with van der Waals surface area (Å²) in [6.07, 6.45) is -0.725. The Morgan fingerprint density at radius 2 is 1.80 bits per heavy atom. The van der Waals surface area contributed by atoms with Gasteiger partial charge in [-0.05, 0) is 23.3 Å². The van der Waals surface area contributed by atoms with Gasteiger partial charge in [-0.3, -0.25) is 4.79 Å². The lowest BCUT2D eigenvalue weighted by molar-refractivity contribution is -0.144. The first-order valence-electron chi connectivity index (χ1n) is 7.79. The molecule has 0 aliphatic rings. The molecule has 0 radical (unpaired) electrons. The maximum atomic E-state index is 12.5. The molecule has 25 heavy (non-hydrogen) atoms. The first-order chi connectivity index (χ1) is 12.0. The summed E-state index contributed by atoms with van der Waals surface area (Å²) in [7, 11) is 2.95. The third kappa shape index (κ3) is 5.06. The third-order valence-corrected chi connectivity index (χ3v) is 3.76. The molecule has 2 aromatic rings. The van der Waals surface area contributed by atoms with Gasteiger partial charge in [0.1, 0.15) is 11.8 Å². The van der Waals surface area contributed by atoms with Crippen molar-refractivity contribution in [3.05, 3.63) is 65.7 Å². The van der Waals surface area contributed by atoms with Crippen molar-refractivity contribution in [3.8, 4) is 5.75 Å². The molecule has 6 nitrogen and oxygen atoms in total. The van der Waals surface area contributed by atoms with E-state index >= 15 is 0 Å². The van der Waals surface area contributed by atoms with Crippen molar-refractivity contribution in [1.82, 2.24) is 5.32 Å². The number of ether oxygens (including phenoxy) is 2. The standard InChI is InChI=1S/C19H21NO5/c1-24-15-10-6-7-13(11-15)12-16(19(22)23)20-18(21)17(25-2)14-8-4-3-5-9-14/h3-11,16-17H,12H2,1-2H3,(H,20,21)(H,22,23)/t16-,17+/m1/s1. The molecule has 1 amide bonds. The third-order valence-electron chi connectivity index (χ3n) is 3.76. The Kier molecular flexibility index (Phi) is 6.54. The SMILES string of the molecule is COc1cccc(C[C@@H](NC(=O)[C@@H](OC)c2ccccc2)C(=O)O)c1. The van der Waals surface area contributed by atoms with Gasteiger partial charge in [-0.2, -0.15) is 0 Å². The highest BCUT2D eigenvalue weighted by Gasteiger charge is 2.26.